The van der Waals surface area contributed by atoms with Crippen molar-refractivity contribution in [2.75, 3.05) is 0 Å². The molecule has 0 saturated carbocycles. The van der Waals surface area contributed by atoms with Crippen molar-refractivity contribution < 1.29 is 5.11 Å². The van der Waals surface area contributed by atoms with Gasteiger partial charge in [0.1, 0.15) is 0 Å². The minimum Gasteiger partial charge on any atom is -0.389 e. The van der Waals surface area contributed by atoms with E-state index in [1.165, 1.54) is 5.56 Å². The first-order valence-corrected chi connectivity index (χ1v) is 5.97. The molecule has 0 amide bonds. The number of aliphatic hydroxyl groups is 1. The SMILES string of the molecule is CC(C)(O)[C@H]1CC[C@@](C)(c2ccccc2)N1. The molecule has 1 aliphatic rings. The lowest BCUT2D eigenvalue weighted by atomic mass is 9.90. The standard InChI is InChI=1S/C14H21NO/c1-13(2,16)12-9-10-14(3,15-12)11-7-5-4-6-8-11/h4-8,12,15-16H,9-10H2,1-3H3/t12-,14+/m1/s1. The molecule has 0 aliphatic carbocycles. The second kappa shape index (κ2) is 3.86. The van der Waals surface area contributed by atoms with E-state index < -0.39 is 5.60 Å². The van der Waals surface area contributed by atoms with Crippen LogP contribution in [0.25, 0.3) is 0 Å². The van der Waals surface area contributed by atoms with Gasteiger partial charge in [-0.15, -0.1) is 0 Å². The van der Waals surface area contributed by atoms with Crippen LogP contribution in [0.15, 0.2) is 30.3 Å². The lowest BCUT2D eigenvalue weighted by Gasteiger charge is -2.31. The van der Waals surface area contributed by atoms with Crippen molar-refractivity contribution in [2.24, 2.45) is 0 Å². The molecule has 1 aliphatic heterocycles. The highest BCUT2D eigenvalue weighted by Crippen LogP contribution is 2.35. The predicted octanol–water partition coefficient (Wildman–Crippen LogP) is 2.42. The van der Waals surface area contributed by atoms with E-state index in [4.69, 9.17) is 0 Å². The number of nitrogens with one attached hydrogen (secondary N) is 1. The highest BCUT2D eigenvalue weighted by atomic mass is 16.3. The van der Waals surface area contributed by atoms with E-state index in [9.17, 15) is 5.11 Å². The Labute approximate surface area is 97.7 Å². The number of benzene rings is 1. The lowest BCUT2D eigenvalue weighted by Crippen LogP contribution is -2.48. The highest BCUT2D eigenvalue weighted by Gasteiger charge is 2.41. The molecule has 0 radical (unpaired) electrons. The zero-order chi connectivity index (χ0) is 11.8. The zero-order valence-corrected chi connectivity index (χ0v) is 10.3. The first-order chi connectivity index (χ1) is 7.42. The largest absolute Gasteiger partial charge is 0.389 e. The summed E-state index contributed by atoms with van der Waals surface area (Å²) < 4.78 is 0. The van der Waals surface area contributed by atoms with Gasteiger partial charge in [-0.2, -0.15) is 0 Å². The van der Waals surface area contributed by atoms with Crippen molar-refractivity contribution in [1.29, 1.82) is 0 Å². The molecule has 2 rings (SSSR count). The molecule has 16 heavy (non-hydrogen) atoms. The molecule has 0 unspecified atom stereocenters. The van der Waals surface area contributed by atoms with Crippen LogP contribution in [0, 0.1) is 0 Å². The van der Waals surface area contributed by atoms with Gasteiger partial charge < -0.3 is 10.4 Å². The van der Waals surface area contributed by atoms with Crippen LogP contribution in [0.1, 0.15) is 39.2 Å². The predicted molar refractivity (Wildman–Crippen MR) is 66.2 cm³/mol. The molecule has 2 nitrogen and oxygen atoms in total. The Hall–Kier alpha value is -0.860. The molecular weight excluding hydrogens is 198 g/mol. The van der Waals surface area contributed by atoms with Crippen molar-refractivity contribution in [1.82, 2.24) is 5.32 Å². The molecule has 2 N–H and O–H groups in total. The molecular formula is C14H21NO. The summed E-state index contributed by atoms with van der Waals surface area (Å²) in [5.74, 6) is 0. The summed E-state index contributed by atoms with van der Waals surface area (Å²) in [7, 11) is 0. The van der Waals surface area contributed by atoms with Crippen molar-refractivity contribution >= 4 is 0 Å². The number of hydrogen-bond acceptors (Lipinski definition) is 2. The molecule has 1 heterocycles. The van der Waals surface area contributed by atoms with Gasteiger partial charge in [0.15, 0.2) is 0 Å². The van der Waals surface area contributed by atoms with Gasteiger partial charge in [0.25, 0.3) is 0 Å². The van der Waals surface area contributed by atoms with Crippen LogP contribution in [-0.4, -0.2) is 16.7 Å². The summed E-state index contributed by atoms with van der Waals surface area (Å²) in [4.78, 5) is 0. The molecule has 0 spiro atoms. The summed E-state index contributed by atoms with van der Waals surface area (Å²) in [5, 5.41) is 13.6. The summed E-state index contributed by atoms with van der Waals surface area (Å²) in [6.07, 6.45) is 2.10. The monoisotopic (exact) mass is 219 g/mol. The van der Waals surface area contributed by atoms with Gasteiger partial charge in [-0.3, -0.25) is 0 Å². The van der Waals surface area contributed by atoms with Crippen molar-refractivity contribution in [3.8, 4) is 0 Å². The van der Waals surface area contributed by atoms with E-state index in [1.54, 1.807) is 0 Å². The van der Waals surface area contributed by atoms with Crippen molar-refractivity contribution in [2.45, 2.75) is 50.8 Å². The minimum absolute atomic E-state index is 0.00588. The van der Waals surface area contributed by atoms with Crippen LogP contribution >= 0.6 is 0 Å². The van der Waals surface area contributed by atoms with Crippen LogP contribution in [0.3, 0.4) is 0 Å². The number of hydrogen-bond donors (Lipinski definition) is 2. The average Bonchev–Trinajstić information content (AvgIpc) is 2.63. The van der Waals surface area contributed by atoms with E-state index in [-0.39, 0.29) is 11.6 Å². The third-order valence-electron chi connectivity index (χ3n) is 3.69. The first-order valence-electron chi connectivity index (χ1n) is 5.97. The maximum atomic E-state index is 10.0. The first kappa shape index (κ1) is 11.6. The fourth-order valence-electron chi connectivity index (χ4n) is 2.53. The van der Waals surface area contributed by atoms with E-state index in [2.05, 4.69) is 36.5 Å². The van der Waals surface area contributed by atoms with Gasteiger partial charge in [-0.25, -0.2) is 0 Å². The van der Waals surface area contributed by atoms with Crippen LogP contribution in [0.5, 0.6) is 0 Å². The fraction of sp³-hybridized carbons (Fsp3) is 0.571. The van der Waals surface area contributed by atoms with Gasteiger partial charge in [0, 0.05) is 11.6 Å². The van der Waals surface area contributed by atoms with Crippen LogP contribution < -0.4 is 5.32 Å². The normalized spacial score (nSPS) is 30.6. The van der Waals surface area contributed by atoms with Gasteiger partial charge in [0.2, 0.25) is 0 Å². The summed E-state index contributed by atoms with van der Waals surface area (Å²) in [5.41, 5.74) is 0.667. The van der Waals surface area contributed by atoms with Crippen LogP contribution in [0.2, 0.25) is 0 Å². The molecule has 1 fully saturated rings. The second-order valence-corrected chi connectivity index (χ2v) is 5.59. The molecule has 2 atom stereocenters. The molecule has 1 saturated heterocycles. The molecule has 2 heteroatoms. The lowest BCUT2D eigenvalue weighted by molar-refractivity contribution is 0.0402. The fourth-order valence-corrected chi connectivity index (χ4v) is 2.53. The maximum Gasteiger partial charge on any atom is 0.0744 e. The molecule has 0 bridgehead atoms. The molecule has 0 aromatic heterocycles. The quantitative estimate of drug-likeness (QED) is 0.800. The van der Waals surface area contributed by atoms with E-state index in [0.717, 1.165) is 12.8 Å². The Morgan fingerprint density at radius 3 is 2.44 bits per heavy atom. The Bertz CT molecular complexity index is 355. The molecule has 88 valence electrons. The Morgan fingerprint density at radius 2 is 1.94 bits per heavy atom. The summed E-state index contributed by atoms with van der Waals surface area (Å²) in [6, 6.07) is 10.7. The average molecular weight is 219 g/mol. The van der Waals surface area contributed by atoms with Gasteiger partial charge in [-0.05, 0) is 39.2 Å². The molecule has 1 aromatic rings. The van der Waals surface area contributed by atoms with E-state index in [1.807, 2.05) is 19.9 Å². The van der Waals surface area contributed by atoms with Crippen molar-refractivity contribution in [3.63, 3.8) is 0 Å². The highest BCUT2D eigenvalue weighted by molar-refractivity contribution is 5.25. The van der Waals surface area contributed by atoms with Gasteiger partial charge in [0.05, 0.1) is 5.60 Å². The number of rotatable bonds is 2. The minimum atomic E-state index is -0.646. The van der Waals surface area contributed by atoms with Gasteiger partial charge >= 0.3 is 0 Å². The third kappa shape index (κ3) is 2.13. The van der Waals surface area contributed by atoms with Crippen LogP contribution in [0.4, 0.5) is 0 Å². The Morgan fingerprint density at radius 1 is 1.31 bits per heavy atom. The van der Waals surface area contributed by atoms with Crippen molar-refractivity contribution in [3.05, 3.63) is 35.9 Å². The topological polar surface area (TPSA) is 32.3 Å². The van der Waals surface area contributed by atoms with E-state index in [0.29, 0.717) is 0 Å². The van der Waals surface area contributed by atoms with Gasteiger partial charge in [-0.1, -0.05) is 30.3 Å². The van der Waals surface area contributed by atoms with E-state index >= 15 is 0 Å². The third-order valence-corrected chi connectivity index (χ3v) is 3.69. The maximum absolute atomic E-state index is 10.0. The zero-order valence-electron chi connectivity index (χ0n) is 10.3. The van der Waals surface area contributed by atoms with Crippen LogP contribution in [-0.2, 0) is 5.54 Å². The Balaban J connectivity index is 2.19. The summed E-state index contributed by atoms with van der Waals surface area (Å²) >= 11 is 0. The molecule has 1 aromatic carbocycles. The summed E-state index contributed by atoms with van der Waals surface area (Å²) in [6.45, 7) is 5.97. The second-order valence-electron chi connectivity index (χ2n) is 5.59. The Kier molecular flexibility index (Phi) is 2.81. The smallest absolute Gasteiger partial charge is 0.0744 e.